The first kappa shape index (κ1) is 22.6. The highest BCUT2D eigenvalue weighted by atomic mass is 32.2. The Kier molecular flexibility index (Phi) is 6.41. The third-order valence-corrected chi connectivity index (χ3v) is 8.33. The van der Waals surface area contributed by atoms with Gasteiger partial charge < -0.3 is 4.90 Å². The first-order valence-corrected chi connectivity index (χ1v) is 13.0. The molecular formula is C23H26N4O3S2. The summed E-state index contributed by atoms with van der Waals surface area (Å²) in [7, 11) is -3.60. The molecule has 3 aromatic rings. The molecule has 1 fully saturated rings. The zero-order valence-corrected chi connectivity index (χ0v) is 20.0. The number of imidazole rings is 1. The van der Waals surface area contributed by atoms with Gasteiger partial charge in [0.25, 0.3) is 5.91 Å². The standard InChI is InChI=1S/C23H26N4O3S2/c1-17-9-10-21(18(2)15-17)32(29,30)26-13-11-25(12-14-26)22(28)20-16-24-23(31-3)27(20)19-7-5-4-6-8-19/h4-10,15-16H,11-14H2,1-3H3. The zero-order chi connectivity index (χ0) is 22.9. The van der Waals surface area contributed by atoms with Crippen LogP contribution >= 0.6 is 11.8 Å². The third kappa shape index (κ3) is 4.20. The maximum absolute atomic E-state index is 13.3. The molecule has 1 aliphatic heterocycles. The van der Waals surface area contributed by atoms with Crippen molar-refractivity contribution < 1.29 is 13.2 Å². The van der Waals surface area contributed by atoms with Crippen LogP contribution in [0, 0.1) is 13.8 Å². The second kappa shape index (κ2) is 9.09. The lowest BCUT2D eigenvalue weighted by atomic mass is 10.2. The van der Waals surface area contributed by atoms with Gasteiger partial charge in [0.05, 0.1) is 11.1 Å². The van der Waals surface area contributed by atoms with E-state index in [0.717, 1.165) is 22.0 Å². The summed E-state index contributed by atoms with van der Waals surface area (Å²) in [5.41, 5.74) is 3.11. The number of carbonyl (C=O) groups is 1. The molecule has 2 heterocycles. The first-order chi connectivity index (χ1) is 15.3. The minimum atomic E-state index is -3.60. The zero-order valence-electron chi connectivity index (χ0n) is 18.4. The molecule has 0 bridgehead atoms. The molecule has 168 valence electrons. The fraction of sp³-hybridized carbons (Fsp3) is 0.304. The van der Waals surface area contributed by atoms with E-state index in [1.165, 1.54) is 16.1 Å². The van der Waals surface area contributed by atoms with Gasteiger partial charge in [0.1, 0.15) is 5.69 Å². The molecule has 1 saturated heterocycles. The lowest BCUT2D eigenvalue weighted by molar-refractivity contribution is 0.0689. The molecular weight excluding hydrogens is 444 g/mol. The second-order valence-corrected chi connectivity index (χ2v) is 10.4. The summed E-state index contributed by atoms with van der Waals surface area (Å²) in [4.78, 5) is 19.8. The second-order valence-electron chi connectivity index (χ2n) is 7.77. The largest absolute Gasteiger partial charge is 0.335 e. The van der Waals surface area contributed by atoms with Gasteiger partial charge in [-0.05, 0) is 43.9 Å². The number of sulfonamides is 1. The van der Waals surface area contributed by atoms with Crippen molar-refractivity contribution in [2.24, 2.45) is 0 Å². The Morgan fingerprint density at radius 1 is 1.00 bits per heavy atom. The number of carbonyl (C=O) groups excluding carboxylic acids is 1. The van der Waals surface area contributed by atoms with Crippen LogP contribution in [0.4, 0.5) is 0 Å². The van der Waals surface area contributed by atoms with Gasteiger partial charge in [0, 0.05) is 31.9 Å². The van der Waals surface area contributed by atoms with Gasteiger partial charge in [-0.25, -0.2) is 13.4 Å². The maximum atomic E-state index is 13.3. The molecule has 4 rings (SSSR count). The predicted octanol–water partition coefficient (Wildman–Crippen LogP) is 3.36. The van der Waals surface area contributed by atoms with Crippen molar-refractivity contribution in [3.63, 3.8) is 0 Å². The number of rotatable bonds is 5. The minimum absolute atomic E-state index is 0.148. The van der Waals surface area contributed by atoms with Crippen molar-refractivity contribution in [2.45, 2.75) is 23.9 Å². The summed E-state index contributed by atoms with van der Waals surface area (Å²) >= 11 is 1.47. The fourth-order valence-corrected chi connectivity index (χ4v) is 6.15. The highest BCUT2D eigenvalue weighted by Gasteiger charge is 2.32. The number of aromatic nitrogens is 2. The molecule has 0 radical (unpaired) electrons. The third-order valence-electron chi connectivity index (χ3n) is 5.62. The van der Waals surface area contributed by atoms with E-state index in [4.69, 9.17) is 0 Å². The van der Waals surface area contributed by atoms with E-state index in [9.17, 15) is 13.2 Å². The van der Waals surface area contributed by atoms with Crippen LogP contribution in [0.25, 0.3) is 5.69 Å². The van der Waals surface area contributed by atoms with Crippen molar-refractivity contribution >= 4 is 27.7 Å². The lowest BCUT2D eigenvalue weighted by Crippen LogP contribution is -2.50. The van der Waals surface area contributed by atoms with E-state index >= 15 is 0 Å². The van der Waals surface area contributed by atoms with E-state index in [-0.39, 0.29) is 19.0 Å². The molecule has 0 N–H and O–H groups in total. The van der Waals surface area contributed by atoms with Gasteiger partial charge in [-0.3, -0.25) is 9.36 Å². The van der Waals surface area contributed by atoms with Crippen molar-refractivity contribution in [1.29, 1.82) is 0 Å². The molecule has 0 aliphatic carbocycles. The van der Waals surface area contributed by atoms with Gasteiger partial charge in [-0.1, -0.05) is 47.7 Å². The smallest absolute Gasteiger partial charge is 0.272 e. The van der Waals surface area contributed by atoms with E-state index in [0.29, 0.717) is 23.7 Å². The predicted molar refractivity (Wildman–Crippen MR) is 126 cm³/mol. The van der Waals surface area contributed by atoms with Gasteiger partial charge in [-0.2, -0.15) is 4.31 Å². The number of thioether (sulfide) groups is 1. The van der Waals surface area contributed by atoms with Gasteiger partial charge in [-0.15, -0.1) is 0 Å². The van der Waals surface area contributed by atoms with Crippen molar-refractivity contribution in [3.8, 4) is 5.69 Å². The maximum Gasteiger partial charge on any atom is 0.272 e. The monoisotopic (exact) mass is 470 g/mol. The fourth-order valence-electron chi connectivity index (χ4n) is 3.98. The SMILES string of the molecule is CSc1ncc(C(=O)N2CCN(S(=O)(=O)c3ccc(C)cc3C)CC2)n1-c1ccccc1. The van der Waals surface area contributed by atoms with E-state index in [2.05, 4.69) is 4.98 Å². The van der Waals surface area contributed by atoms with E-state index in [1.54, 1.807) is 17.2 Å². The number of amides is 1. The van der Waals surface area contributed by atoms with Crippen LogP contribution in [0.15, 0.2) is 64.8 Å². The number of piperazine rings is 1. The van der Waals surface area contributed by atoms with Crippen LogP contribution < -0.4 is 0 Å². The molecule has 1 aromatic heterocycles. The molecule has 0 spiro atoms. The first-order valence-electron chi connectivity index (χ1n) is 10.4. The summed E-state index contributed by atoms with van der Waals surface area (Å²) < 4.78 is 29.6. The average molecular weight is 471 g/mol. The number of hydrogen-bond donors (Lipinski definition) is 0. The summed E-state index contributed by atoms with van der Waals surface area (Å²) in [6, 6.07) is 15.0. The van der Waals surface area contributed by atoms with Crippen molar-refractivity contribution in [2.75, 3.05) is 32.4 Å². The Labute approximate surface area is 193 Å². The summed E-state index contributed by atoms with van der Waals surface area (Å²) in [5.74, 6) is -0.148. The highest BCUT2D eigenvalue weighted by Crippen LogP contribution is 2.25. The molecule has 1 amide bonds. The molecule has 1 aliphatic rings. The van der Waals surface area contributed by atoms with Crippen molar-refractivity contribution in [3.05, 3.63) is 71.5 Å². The van der Waals surface area contributed by atoms with Crippen LogP contribution in [0.3, 0.4) is 0 Å². The molecule has 0 saturated carbocycles. The van der Waals surface area contributed by atoms with Gasteiger partial charge in [0.2, 0.25) is 10.0 Å². The number of benzene rings is 2. The number of para-hydroxylation sites is 1. The summed E-state index contributed by atoms with van der Waals surface area (Å²) in [6.07, 6.45) is 3.52. The van der Waals surface area contributed by atoms with Gasteiger partial charge in [0.15, 0.2) is 5.16 Å². The van der Waals surface area contributed by atoms with Crippen LogP contribution in [0.1, 0.15) is 21.6 Å². The molecule has 0 atom stereocenters. The Morgan fingerprint density at radius 2 is 1.69 bits per heavy atom. The van der Waals surface area contributed by atoms with Crippen LogP contribution in [-0.2, 0) is 10.0 Å². The summed E-state index contributed by atoms with van der Waals surface area (Å²) in [6.45, 7) is 4.94. The van der Waals surface area contributed by atoms with E-state index < -0.39 is 10.0 Å². The van der Waals surface area contributed by atoms with Crippen molar-refractivity contribution in [1.82, 2.24) is 18.8 Å². The van der Waals surface area contributed by atoms with Gasteiger partial charge >= 0.3 is 0 Å². The average Bonchev–Trinajstić information content (AvgIpc) is 3.23. The molecule has 7 nitrogen and oxygen atoms in total. The topological polar surface area (TPSA) is 75.5 Å². The Bertz CT molecular complexity index is 1230. The van der Waals surface area contributed by atoms with Crippen LogP contribution in [0.5, 0.6) is 0 Å². The Morgan fingerprint density at radius 3 is 2.31 bits per heavy atom. The normalized spacial score (nSPS) is 15.2. The highest BCUT2D eigenvalue weighted by molar-refractivity contribution is 7.98. The number of aryl methyl sites for hydroxylation is 2. The molecule has 0 unspecified atom stereocenters. The molecule has 9 heteroatoms. The van der Waals surface area contributed by atoms with E-state index in [1.807, 2.05) is 67.1 Å². The quantitative estimate of drug-likeness (QED) is 0.535. The number of nitrogens with zero attached hydrogens (tertiary/aromatic N) is 4. The molecule has 32 heavy (non-hydrogen) atoms. The summed E-state index contributed by atoms with van der Waals surface area (Å²) in [5, 5.41) is 0.732. The minimum Gasteiger partial charge on any atom is -0.335 e. The Balaban J connectivity index is 1.53. The lowest BCUT2D eigenvalue weighted by Gasteiger charge is -2.34. The van der Waals surface area contributed by atoms with Crippen LogP contribution in [-0.4, -0.2) is 65.5 Å². The number of hydrogen-bond acceptors (Lipinski definition) is 5. The molecule has 2 aromatic carbocycles. The van der Waals surface area contributed by atoms with Crippen LogP contribution in [0.2, 0.25) is 0 Å². The Hall–Kier alpha value is -2.62.